The number of hydrogen-bond acceptors (Lipinski definition) is 2. The van der Waals surface area contributed by atoms with Gasteiger partial charge < -0.3 is 0 Å². The topological polar surface area (TPSA) is 35.2 Å². The molecule has 15 heavy (non-hydrogen) atoms. The van der Waals surface area contributed by atoms with E-state index in [4.69, 9.17) is 10.5 Å². The average molecular weight is 216 g/mol. The molecule has 0 saturated heterocycles. The number of benzene rings is 1. The number of fused-ring (bicyclic) bond motifs is 3. The van der Waals surface area contributed by atoms with Gasteiger partial charge in [-0.2, -0.15) is 5.90 Å². The minimum absolute atomic E-state index is 0.741. The first-order valence-electron chi connectivity index (χ1n) is 4.91. The summed E-state index contributed by atoms with van der Waals surface area (Å²) in [6, 6.07) is 8.35. The fraction of sp³-hybridized carbons (Fsp3) is 0.0833. The SMILES string of the molecule is NO[P+]1=C2CC=CC=C2c2ccccc21. The van der Waals surface area contributed by atoms with Gasteiger partial charge in [0.2, 0.25) is 0 Å². The lowest BCUT2D eigenvalue weighted by Crippen LogP contribution is -2.02. The second-order valence-corrected chi connectivity index (χ2v) is 5.40. The Morgan fingerprint density at radius 3 is 3.00 bits per heavy atom. The number of rotatable bonds is 1. The van der Waals surface area contributed by atoms with E-state index in [0.29, 0.717) is 0 Å². The van der Waals surface area contributed by atoms with E-state index in [0.717, 1.165) is 6.42 Å². The molecule has 3 heteroatoms. The van der Waals surface area contributed by atoms with Crippen molar-refractivity contribution in [2.24, 2.45) is 5.90 Å². The van der Waals surface area contributed by atoms with Crippen molar-refractivity contribution in [3.63, 3.8) is 0 Å². The summed E-state index contributed by atoms with van der Waals surface area (Å²) in [4.78, 5) is 0. The lowest BCUT2D eigenvalue weighted by molar-refractivity contribution is 0.388. The van der Waals surface area contributed by atoms with E-state index in [2.05, 4.69) is 36.4 Å². The molecule has 0 bridgehead atoms. The van der Waals surface area contributed by atoms with Crippen molar-refractivity contribution in [1.82, 2.24) is 0 Å². The Bertz CT molecular complexity index is 514. The van der Waals surface area contributed by atoms with Crippen LogP contribution in [0.3, 0.4) is 0 Å². The molecule has 2 aliphatic rings. The van der Waals surface area contributed by atoms with Crippen LogP contribution in [-0.2, 0) is 4.62 Å². The molecule has 74 valence electrons. The monoisotopic (exact) mass is 216 g/mol. The summed E-state index contributed by atoms with van der Waals surface area (Å²) in [6.07, 6.45) is 7.37. The van der Waals surface area contributed by atoms with Crippen LogP contribution in [0, 0.1) is 0 Å². The molecule has 2 N–H and O–H groups in total. The molecule has 0 amide bonds. The van der Waals surface area contributed by atoms with Crippen LogP contribution in [0.5, 0.6) is 0 Å². The van der Waals surface area contributed by atoms with Crippen molar-refractivity contribution in [2.75, 3.05) is 0 Å². The summed E-state index contributed by atoms with van der Waals surface area (Å²) in [6.45, 7) is 0. The van der Waals surface area contributed by atoms with Gasteiger partial charge in [0, 0.05) is 17.6 Å². The normalized spacial score (nSPS) is 19.9. The van der Waals surface area contributed by atoms with Crippen LogP contribution in [0.15, 0.2) is 42.5 Å². The van der Waals surface area contributed by atoms with Gasteiger partial charge in [0.15, 0.2) is 10.6 Å². The smallest absolute Gasteiger partial charge is 0.168 e. The Hall–Kier alpha value is -1.21. The van der Waals surface area contributed by atoms with E-state index in [-0.39, 0.29) is 0 Å². The molecule has 1 aliphatic heterocycles. The molecule has 0 aromatic heterocycles. The molecule has 0 radical (unpaired) electrons. The summed E-state index contributed by atoms with van der Waals surface area (Å²) in [5.41, 5.74) is 2.60. The number of allylic oxidation sites excluding steroid dienone is 4. The van der Waals surface area contributed by atoms with E-state index >= 15 is 0 Å². The second kappa shape index (κ2) is 3.42. The largest absolute Gasteiger partial charge is 0.323 e. The standard InChI is InChI=1S/C12H11NOP/c13-14-15-11-7-3-1-5-9(11)10-6-2-4-8-12(10)15/h1-7H,8,13H2/q+1. The first-order chi connectivity index (χ1) is 7.42. The highest BCUT2D eigenvalue weighted by molar-refractivity contribution is 7.64. The summed E-state index contributed by atoms with van der Waals surface area (Å²) < 4.78 is 5.16. The third kappa shape index (κ3) is 1.23. The molecule has 0 fully saturated rings. The quantitative estimate of drug-likeness (QED) is 0.576. The first kappa shape index (κ1) is 9.05. The lowest BCUT2D eigenvalue weighted by atomic mass is 9.98. The molecule has 2 nitrogen and oxygen atoms in total. The van der Waals surface area contributed by atoms with E-state index in [1.54, 1.807) is 0 Å². The average Bonchev–Trinajstić information content (AvgIpc) is 2.63. The Balaban J connectivity index is 2.29. The van der Waals surface area contributed by atoms with Gasteiger partial charge in [-0.15, -0.1) is 0 Å². The lowest BCUT2D eigenvalue weighted by Gasteiger charge is -2.00. The van der Waals surface area contributed by atoms with Crippen LogP contribution < -0.4 is 11.2 Å². The van der Waals surface area contributed by atoms with Crippen LogP contribution in [0.1, 0.15) is 12.0 Å². The van der Waals surface area contributed by atoms with Crippen molar-refractivity contribution >= 4 is 23.9 Å². The van der Waals surface area contributed by atoms with Crippen LogP contribution in [0.2, 0.25) is 0 Å². The van der Waals surface area contributed by atoms with Crippen molar-refractivity contribution in [1.29, 1.82) is 0 Å². The minimum atomic E-state index is -0.741. The Kier molecular flexibility index (Phi) is 2.06. The summed E-state index contributed by atoms with van der Waals surface area (Å²) in [5.74, 6) is 5.41. The zero-order chi connectivity index (χ0) is 10.3. The Morgan fingerprint density at radius 1 is 1.27 bits per heavy atom. The van der Waals surface area contributed by atoms with Crippen LogP contribution in [-0.4, -0.2) is 5.29 Å². The fourth-order valence-electron chi connectivity index (χ4n) is 2.13. The van der Waals surface area contributed by atoms with E-state index in [1.165, 1.54) is 21.7 Å². The van der Waals surface area contributed by atoms with Crippen molar-refractivity contribution < 1.29 is 4.62 Å². The highest BCUT2D eigenvalue weighted by Crippen LogP contribution is 2.41. The van der Waals surface area contributed by atoms with Gasteiger partial charge in [-0.1, -0.05) is 35.0 Å². The summed E-state index contributed by atoms with van der Waals surface area (Å²) in [7, 11) is -0.741. The summed E-state index contributed by atoms with van der Waals surface area (Å²) in [5, 5.41) is 2.59. The van der Waals surface area contributed by atoms with Crippen molar-refractivity contribution in [3.8, 4) is 0 Å². The van der Waals surface area contributed by atoms with E-state index in [1.807, 2.05) is 6.07 Å². The first-order valence-corrected chi connectivity index (χ1v) is 6.17. The Labute approximate surface area is 89.5 Å². The highest BCUT2D eigenvalue weighted by atomic mass is 31.1. The van der Waals surface area contributed by atoms with Gasteiger partial charge in [-0.3, -0.25) is 0 Å². The molecule has 0 spiro atoms. The third-order valence-corrected chi connectivity index (χ3v) is 4.74. The van der Waals surface area contributed by atoms with Gasteiger partial charge in [-0.25, -0.2) is 0 Å². The zero-order valence-electron chi connectivity index (χ0n) is 8.18. The molecular formula is C12H11NOP+. The van der Waals surface area contributed by atoms with Gasteiger partial charge in [0.1, 0.15) is 0 Å². The molecule has 1 aliphatic carbocycles. The molecule has 3 rings (SSSR count). The van der Waals surface area contributed by atoms with Gasteiger partial charge >= 0.3 is 7.77 Å². The predicted molar refractivity (Wildman–Crippen MR) is 65.0 cm³/mol. The minimum Gasteiger partial charge on any atom is -0.168 e. The fourth-order valence-corrected chi connectivity index (χ4v) is 3.98. The molecule has 1 aromatic rings. The maximum Gasteiger partial charge on any atom is 0.323 e. The van der Waals surface area contributed by atoms with Crippen LogP contribution in [0.25, 0.3) is 5.57 Å². The van der Waals surface area contributed by atoms with E-state index in [9.17, 15) is 0 Å². The molecule has 1 heterocycles. The Morgan fingerprint density at radius 2 is 2.13 bits per heavy atom. The molecular weight excluding hydrogens is 205 g/mol. The molecule has 0 saturated carbocycles. The molecule has 1 unspecified atom stereocenters. The molecule has 1 atom stereocenters. The van der Waals surface area contributed by atoms with Crippen molar-refractivity contribution in [2.45, 2.75) is 6.42 Å². The number of hydrogen-bond donors (Lipinski definition) is 1. The maximum absolute atomic E-state index is 5.41. The number of nitrogens with two attached hydrogens (primary N) is 1. The van der Waals surface area contributed by atoms with Crippen LogP contribution in [0.4, 0.5) is 0 Å². The van der Waals surface area contributed by atoms with Gasteiger partial charge in [0.05, 0.1) is 0 Å². The maximum atomic E-state index is 5.41. The predicted octanol–water partition coefficient (Wildman–Crippen LogP) is 2.13. The van der Waals surface area contributed by atoms with Gasteiger partial charge in [-0.05, 0) is 12.1 Å². The summed E-state index contributed by atoms with van der Waals surface area (Å²) >= 11 is 0. The van der Waals surface area contributed by atoms with Crippen molar-refractivity contribution in [3.05, 3.63) is 48.1 Å². The zero-order valence-corrected chi connectivity index (χ0v) is 9.08. The third-order valence-electron chi connectivity index (χ3n) is 2.78. The highest BCUT2D eigenvalue weighted by Gasteiger charge is 2.38. The van der Waals surface area contributed by atoms with Crippen LogP contribution >= 0.6 is 7.77 Å². The van der Waals surface area contributed by atoms with Gasteiger partial charge in [0.25, 0.3) is 0 Å². The molecule has 1 aromatic carbocycles. The van der Waals surface area contributed by atoms with E-state index < -0.39 is 7.77 Å². The second-order valence-electron chi connectivity index (χ2n) is 3.58.